The molecule has 29 heavy (non-hydrogen) atoms. The van der Waals surface area contributed by atoms with Gasteiger partial charge in [-0.1, -0.05) is 56.3 Å². The SMILES string of the molecule is CC(C)CC(NC(=O)COc1ccccc1S(=O)(=O)C(F)(F)F)c1ccccc1. The highest BCUT2D eigenvalue weighted by Gasteiger charge is 2.48. The quantitative estimate of drug-likeness (QED) is 0.681. The van der Waals surface area contributed by atoms with Crippen LogP contribution in [0.5, 0.6) is 5.75 Å². The first-order valence-corrected chi connectivity index (χ1v) is 10.4. The third-order valence-electron chi connectivity index (χ3n) is 4.05. The molecule has 0 aromatic heterocycles. The average Bonchev–Trinajstić information content (AvgIpc) is 2.65. The Kier molecular flexibility index (Phi) is 7.29. The van der Waals surface area contributed by atoms with Gasteiger partial charge in [0.1, 0.15) is 10.6 Å². The highest BCUT2D eigenvalue weighted by Crippen LogP contribution is 2.35. The number of sulfone groups is 1. The molecule has 1 amide bonds. The van der Waals surface area contributed by atoms with E-state index >= 15 is 0 Å². The molecular formula is C20H22F3NO4S. The van der Waals surface area contributed by atoms with Gasteiger partial charge >= 0.3 is 5.51 Å². The van der Waals surface area contributed by atoms with Crippen LogP contribution in [0.15, 0.2) is 59.5 Å². The number of ether oxygens (including phenoxy) is 1. The normalized spacial score (nSPS) is 13.2. The minimum Gasteiger partial charge on any atom is -0.482 e. The lowest BCUT2D eigenvalue weighted by Gasteiger charge is -2.21. The first kappa shape index (κ1) is 22.7. The molecule has 9 heteroatoms. The molecule has 0 saturated carbocycles. The van der Waals surface area contributed by atoms with Crippen LogP contribution in [0.25, 0.3) is 0 Å². The van der Waals surface area contributed by atoms with Gasteiger partial charge < -0.3 is 10.1 Å². The van der Waals surface area contributed by atoms with Crippen LogP contribution in [0.2, 0.25) is 0 Å². The molecule has 0 radical (unpaired) electrons. The van der Waals surface area contributed by atoms with Crippen molar-refractivity contribution in [1.29, 1.82) is 0 Å². The van der Waals surface area contributed by atoms with Gasteiger partial charge in [-0.15, -0.1) is 0 Å². The van der Waals surface area contributed by atoms with Crippen molar-refractivity contribution in [2.75, 3.05) is 6.61 Å². The Morgan fingerprint density at radius 1 is 1.03 bits per heavy atom. The summed E-state index contributed by atoms with van der Waals surface area (Å²) in [6.07, 6.45) is 0.648. The summed E-state index contributed by atoms with van der Waals surface area (Å²) < 4.78 is 67.1. The maximum atomic E-state index is 12.9. The summed E-state index contributed by atoms with van der Waals surface area (Å²) in [6.45, 7) is 3.37. The van der Waals surface area contributed by atoms with Gasteiger partial charge in [0.15, 0.2) is 6.61 Å². The molecule has 2 rings (SSSR count). The molecule has 0 bridgehead atoms. The maximum absolute atomic E-state index is 12.9. The van der Waals surface area contributed by atoms with E-state index in [1.54, 1.807) is 0 Å². The van der Waals surface area contributed by atoms with Crippen molar-refractivity contribution >= 4 is 15.7 Å². The van der Waals surface area contributed by atoms with Crippen LogP contribution in [-0.4, -0.2) is 26.4 Å². The van der Waals surface area contributed by atoms with E-state index in [-0.39, 0.29) is 12.0 Å². The summed E-state index contributed by atoms with van der Waals surface area (Å²) >= 11 is 0. The lowest BCUT2D eigenvalue weighted by atomic mass is 9.97. The van der Waals surface area contributed by atoms with Crippen molar-refractivity contribution < 1.29 is 31.1 Å². The van der Waals surface area contributed by atoms with E-state index < -0.39 is 38.5 Å². The molecule has 2 aromatic carbocycles. The van der Waals surface area contributed by atoms with E-state index in [4.69, 9.17) is 4.74 Å². The first-order chi connectivity index (χ1) is 13.5. The summed E-state index contributed by atoms with van der Waals surface area (Å²) in [5, 5.41) is 2.79. The summed E-state index contributed by atoms with van der Waals surface area (Å²) in [5.41, 5.74) is -4.58. The number of carbonyl (C=O) groups is 1. The van der Waals surface area contributed by atoms with Crippen LogP contribution in [0.1, 0.15) is 31.9 Å². The zero-order chi connectivity index (χ0) is 21.7. The molecule has 1 unspecified atom stereocenters. The number of hydrogen-bond donors (Lipinski definition) is 1. The molecule has 0 spiro atoms. The smallest absolute Gasteiger partial charge is 0.482 e. The van der Waals surface area contributed by atoms with Crippen molar-refractivity contribution in [1.82, 2.24) is 5.32 Å². The number of hydrogen-bond acceptors (Lipinski definition) is 4. The molecule has 0 fully saturated rings. The lowest BCUT2D eigenvalue weighted by Crippen LogP contribution is -2.33. The van der Waals surface area contributed by atoms with Crippen LogP contribution < -0.4 is 10.1 Å². The molecule has 0 saturated heterocycles. The van der Waals surface area contributed by atoms with E-state index in [1.165, 1.54) is 6.07 Å². The highest BCUT2D eigenvalue weighted by molar-refractivity contribution is 7.92. The van der Waals surface area contributed by atoms with Gasteiger partial charge in [0.05, 0.1) is 6.04 Å². The highest BCUT2D eigenvalue weighted by atomic mass is 32.2. The van der Waals surface area contributed by atoms with E-state index in [0.717, 1.165) is 23.8 Å². The van der Waals surface area contributed by atoms with Crippen molar-refractivity contribution in [3.63, 3.8) is 0 Å². The number of carbonyl (C=O) groups excluding carboxylic acids is 1. The lowest BCUT2D eigenvalue weighted by molar-refractivity contribution is -0.124. The van der Waals surface area contributed by atoms with E-state index in [0.29, 0.717) is 6.42 Å². The number of benzene rings is 2. The van der Waals surface area contributed by atoms with Crippen molar-refractivity contribution in [2.24, 2.45) is 5.92 Å². The Morgan fingerprint density at radius 3 is 2.21 bits per heavy atom. The van der Waals surface area contributed by atoms with Gasteiger partial charge in [0.2, 0.25) is 0 Å². The van der Waals surface area contributed by atoms with Crippen LogP contribution in [-0.2, 0) is 14.6 Å². The molecule has 0 aliphatic carbocycles. The predicted molar refractivity (Wildman–Crippen MR) is 102 cm³/mol. The van der Waals surface area contributed by atoms with Gasteiger partial charge in [0.25, 0.3) is 15.7 Å². The molecule has 0 heterocycles. The number of para-hydroxylation sites is 1. The molecule has 0 aliphatic heterocycles. The van der Waals surface area contributed by atoms with Crippen LogP contribution in [0, 0.1) is 5.92 Å². The maximum Gasteiger partial charge on any atom is 0.502 e. The van der Waals surface area contributed by atoms with E-state index in [1.807, 2.05) is 44.2 Å². The van der Waals surface area contributed by atoms with Crippen LogP contribution in [0.3, 0.4) is 0 Å². The minimum absolute atomic E-state index is 0.277. The third-order valence-corrected chi connectivity index (χ3v) is 5.57. The monoisotopic (exact) mass is 429 g/mol. The molecule has 1 atom stereocenters. The summed E-state index contributed by atoms with van der Waals surface area (Å²) in [4.78, 5) is 11.3. The van der Waals surface area contributed by atoms with Gasteiger partial charge in [-0.05, 0) is 30.0 Å². The molecule has 5 nitrogen and oxygen atoms in total. The average molecular weight is 429 g/mol. The van der Waals surface area contributed by atoms with E-state index in [2.05, 4.69) is 5.32 Å². The molecule has 1 N–H and O–H groups in total. The van der Waals surface area contributed by atoms with Crippen molar-refractivity contribution in [3.8, 4) is 5.75 Å². The van der Waals surface area contributed by atoms with Crippen LogP contribution >= 0.6 is 0 Å². The summed E-state index contributed by atoms with van der Waals surface area (Å²) in [7, 11) is -5.59. The zero-order valence-electron chi connectivity index (χ0n) is 15.9. The second-order valence-electron chi connectivity index (χ2n) is 6.84. The topological polar surface area (TPSA) is 72.5 Å². The number of amides is 1. The molecule has 0 aliphatic rings. The van der Waals surface area contributed by atoms with Gasteiger partial charge in [-0.25, -0.2) is 8.42 Å². The molecule has 2 aromatic rings. The van der Waals surface area contributed by atoms with Gasteiger partial charge in [-0.2, -0.15) is 13.2 Å². The Balaban J connectivity index is 2.13. The number of halogens is 3. The number of alkyl halides is 3. The first-order valence-electron chi connectivity index (χ1n) is 8.90. The summed E-state index contributed by atoms with van der Waals surface area (Å²) in [5.74, 6) is -0.821. The fourth-order valence-corrected chi connectivity index (χ4v) is 3.63. The molecule has 158 valence electrons. The second-order valence-corrected chi connectivity index (χ2v) is 8.75. The van der Waals surface area contributed by atoms with Gasteiger partial charge in [-0.3, -0.25) is 4.79 Å². The second kappa shape index (κ2) is 9.30. The summed E-state index contributed by atoms with van der Waals surface area (Å²) in [6, 6.07) is 13.3. The van der Waals surface area contributed by atoms with Gasteiger partial charge in [0, 0.05) is 0 Å². The van der Waals surface area contributed by atoms with Crippen molar-refractivity contribution in [3.05, 3.63) is 60.2 Å². The minimum atomic E-state index is -5.59. The number of nitrogens with one attached hydrogen (secondary N) is 1. The van der Waals surface area contributed by atoms with Crippen molar-refractivity contribution in [2.45, 2.75) is 36.7 Å². The fourth-order valence-electron chi connectivity index (χ4n) is 2.73. The Morgan fingerprint density at radius 2 is 1.62 bits per heavy atom. The third kappa shape index (κ3) is 5.96. The zero-order valence-corrected chi connectivity index (χ0v) is 16.8. The van der Waals surface area contributed by atoms with Crippen LogP contribution in [0.4, 0.5) is 13.2 Å². The Labute approximate surface area is 167 Å². The van der Waals surface area contributed by atoms with E-state index in [9.17, 15) is 26.4 Å². The number of rotatable bonds is 8. The fraction of sp³-hybridized carbons (Fsp3) is 0.350. The standard InChI is InChI=1S/C20H22F3NO4S/c1-14(2)12-16(15-8-4-3-5-9-15)24-19(25)13-28-17-10-6-7-11-18(17)29(26,27)20(21,22)23/h3-11,14,16H,12-13H2,1-2H3,(H,24,25). The Hall–Kier alpha value is -2.55. The predicted octanol–water partition coefficient (Wildman–Crippen LogP) is 4.26. The Bertz CT molecular complexity index is 928. The largest absolute Gasteiger partial charge is 0.502 e. The molecular weight excluding hydrogens is 407 g/mol.